The van der Waals surface area contributed by atoms with E-state index in [0.717, 1.165) is 29.7 Å². The third kappa shape index (κ3) is 6.47. The van der Waals surface area contributed by atoms with Crippen LogP contribution in [-0.4, -0.2) is 18.5 Å². The van der Waals surface area contributed by atoms with Gasteiger partial charge in [-0.05, 0) is 62.1 Å². The van der Waals surface area contributed by atoms with Gasteiger partial charge in [0.1, 0.15) is 5.75 Å². The first-order valence-electron chi connectivity index (χ1n) is 8.60. The van der Waals surface area contributed by atoms with Crippen LogP contribution in [0.1, 0.15) is 30.4 Å². The van der Waals surface area contributed by atoms with Crippen molar-refractivity contribution in [3.8, 4) is 5.75 Å². The van der Waals surface area contributed by atoms with Crippen LogP contribution in [0.4, 0.5) is 16.2 Å². The average Bonchev–Trinajstić information content (AvgIpc) is 2.57. The third-order valence-electron chi connectivity index (χ3n) is 3.81. The van der Waals surface area contributed by atoms with Gasteiger partial charge in [0.25, 0.3) is 0 Å². The molecule has 0 fully saturated rings. The van der Waals surface area contributed by atoms with Gasteiger partial charge in [-0.25, -0.2) is 4.79 Å². The standard InChI is InChI=1S/C20H25N3O3/c1-14-9-10-15(2)18(12-14)26-11-4-3-8-19(24)22-16-6-5-7-17(13-16)23-20(21)25/h5-7,9-10,12-13H,3-4,8,11H2,1-2H3,(H,22,24)(H3,21,23,25). The van der Waals surface area contributed by atoms with Crippen molar-refractivity contribution in [3.63, 3.8) is 0 Å². The monoisotopic (exact) mass is 355 g/mol. The Morgan fingerprint density at radius 2 is 1.73 bits per heavy atom. The Kier molecular flexibility index (Phi) is 7.02. The zero-order valence-corrected chi connectivity index (χ0v) is 15.2. The molecule has 2 aromatic rings. The summed E-state index contributed by atoms with van der Waals surface area (Å²) >= 11 is 0. The summed E-state index contributed by atoms with van der Waals surface area (Å²) < 4.78 is 5.79. The molecule has 0 heterocycles. The molecule has 0 aliphatic heterocycles. The quantitative estimate of drug-likeness (QED) is 0.625. The molecule has 2 rings (SSSR count). The van der Waals surface area contributed by atoms with Crippen molar-refractivity contribution >= 4 is 23.3 Å². The van der Waals surface area contributed by atoms with Gasteiger partial charge >= 0.3 is 6.03 Å². The number of carbonyl (C=O) groups excluding carboxylic acids is 2. The van der Waals surface area contributed by atoms with Gasteiger partial charge in [-0.3, -0.25) is 4.79 Å². The molecule has 4 N–H and O–H groups in total. The van der Waals surface area contributed by atoms with Gasteiger partial charge in [-0.1, -0.05) is 18.2 Å². The van der Waals surface area contributed by atoms with Crippen LogP contribution in [0, 0.1) is 13.8 Å². The van der Waals surface area contributed by atoms with Gasteiger partial charge in [0.05, 0.1) is 6.61 Å². The van der Waals surface area contributed by atoms with Crippen molar-refractivity contribution in [2.24, 2.45) is 5.73 Å². The summed E-state index contributed by atoms with van der Waals surface area (Å²) in [7, 11) is 0. The molecule has 6 heteroatoms. The maximum atomic E-state index is 12.0. The lowest BCUT2D eigenvalue weighted by Gasteiger charge is -2.10. The van der Waals surface area contributed by atoms with Gasteiger partial charge in [0.15, 0.2) is 0 Å². The molecule has 2 aromatic carbocycles. The van der Waals surface area contributed by atoms with E-state index in [1.54, 1.807) is 24.3 Å². The van der Waals surface area contributed by atoms with Gasteiger partial charge in [0, 0.05) is 17.8 Å². The molecule has 0 saturated heterocycles. The lowest BCUT2D eigenvalue weighted by atomic mass is 10.1. The van der Waals surface area contributed by atoms with Crippen LogP contribution < -0.4 is 21.1 Å². The number of nitrogens with two attached hydrogens (primary N) is 1. The highest BCUT2D eigenvalue weighted by Crippen LogP contribution is 2.19. The fourth-order valence-electron chi connectivity index (χ4n) is 2.47. The van der Waals surface area contributed by atoms with E-state index in [1.165, 1.54) is 0 Å². The van der Waals surface area contributed by atoms with Crippen molar-refractivity contribution in [2.45, 2.75) is 33.1 Å². The molecule has 0 saturated carbocycles. The molecule has 138 valence electrons. The minimum Gasteiger partial charge on any atom is -0.493 e. The van der Waals surface area contributed by atoms with Crippen LogP contribution in [0.3, 0.4) is 0 Å². The van der Waals surface area contributed by atoms with E-state index in [4.69, 9.17) is 10.5 Å². The Morgan fingerprint density at radius 3 is 2.46 bits per heavy atom. The van der Waals surface area contributed by atoms with Crippen molar-refractivity contribution in [3.05, 3.63) is 53.6 Å². The molecule has 0 aliphatic rings. The minimum absolute atomic E-state index is 0.0760. The number of urea groups is 1. The summed E-state index contributed by atoms with van der Waals surface area (Å²) in [6.45, 7) is 4.63. The SMILES string of the molecule is Cc1ccc(C)c(OCCCCC(=O)Nc2cccc(NC(N)=O)c2)c1. The lowest BCUT2D eigenvalue weighted by Crippen LogP contribution is -2.19. The number of anilines is 2. The van der Waals surface area contributed by atoms with Crippen LogP contribution in [0.2, 0.25) is 0 Å². The van der Waals surface area contributed by atoms with E-state index in [2.05, 4.69) is 16.7 Å². The summed E-state index contributed by atoms with van der Waals surface area (Å²) in [5, 5.41) is 5.28. The average molecular weight is 355 g/mol. The Hall–Kier alpha value is -3.02. The van der Waals surface area contributed by atoms with E-state index in [1.807, 2.05) is 26.0 Å². The lowest BCUT2D eigenvalue weighted by molar-refractivity contribution is -0.116. The predicted molar refractivity (Wildman–Crippen MR) is 104 cm³/mol. The molecular formula is C20H25N3O3. The number of unbranched alkanes of at least 4 members (excludes halogenated alkanes) is 1. The number of primary amides is 1. The van der Waals surface area contributed by atoms with Gasteiger partial charge < -0.3 is 21.1 Å². The molecular weight excluding hydrogens is 330 g/mol. The molecule has 0 spiro atoms. The van der Waals surface area contributed by atoms with Gasteiger partial charge in [0.2, 0.25) is 5.91 Å². The largest absolute Gasteiger partial charge is 0.493 e. The fraction of sp³-hybridized carbons (Fsp3) is 0.300. The molecule has 0 aliphatic carbocycles. The number of hydrogen-bond donors (Lipinski definition) is 3. The number of amides is 3. The highest BCUT2D eigenvalue weighted by molar-refractivity contribution is 5.93. The number of hydrogen-bond acceptors (Lipinski definition) is 3. The zero-order chi connectivity index (χ0) is 18.9. The van der Waals surface area contributed by atoms with E-state index in [-0.39, 0.29) is 5.91 Å². The van der Waals surface area contributed by atoms with E-state index in [9.17, 15) is 9.59 Å². The highest BCUT2D eigenvalue weighted by Gasteiger charge is 2.05. The molecule has 0 radical (unpaired) electrons. The fourth-order valence-corrected chi connectivity index (χ4v) is 2.47. The molecule has 0 atom stereocenters. The number of carbonyl (C=O) groups is 2. The third-order valence-corrected chi connectivity index (χ3v) is 3.81. The molecule has 0 aromatic heterocycles. The predicted octanol–water partition coefficient (Wildman–Crippen LogP) is 3.98. The number of nitrogens with one attached hydrogen (secondary N) is 2. The topological polar surface area (TPSA) is 93.4 Å². The van der Waals surface area contributed by atoms with Gasteiger partial charge in [-0.15, -0.1) is 0 Å². The second kappa shape index (κ2) is 9.46. The first-order chi connectivity index (χ1) is 12.4. The van der Waals surface area contributed by atoms with Crippen LogP contribution >= 0.6 is 0 Å². The summed E-state index contributed by atoms with van der Waals surface area (Å²) in [4.78, 5) is 22.9. The van der Waals surface area contributed by atoms with E-state index in [0.29, 0.717) is 24.4 Å². The Morgan fingerprint density at radius 1 is 1.00 bits per heavy atom. The maximum Gasteiger partial charge on any atom is 0.316 e. The minimum atomic E-state index is -0.641. The summed E-state index contributed by atoms with van der Waals surface area (Å²) in [5.74, 6) is 0.821. The maximum absolute atomic E-state index is 12.0. The molecule has 0 unspecified atom stereocenters. The molecule has 26 heavy (non-hydrogen) atoms. The second-order valence-corrected chi connectivity index (χ2v) is 6.19. The van der Waals surface area contributed by atoms with E-state index < -0.39 is 6.03 Å². The highest BCUT2D eigenvalue weighted by atomic mass is 16.5. The number of rotatable bonds is 8. The second-order valence-electron chi connectivity index (χ2n) is 6.19. The molecule has 3 amide bonds. The molecule has 6 nitrogen and oxygen atoms in total. The summed E-state index contributed by atoms with van der Waals surface area (Å²) in [6, 6.07) is 12.3. The number of aryl methyl sites for hydroxylation is 2. The van der Waals surface area contributed by atoms with Crippen molar-refractivity contribution in [1.82, 2.24) is 0 Å². The van der Waals surface area contributed by atoms with Crippen LogP contribution in [0.15, 0.2) is 42.5 Å². The number of benzene rings is 2. The Balaban J connectivity index is 1.70. The van der Waals surface area contributed by atoms with E-state index >= 15 is 0 Å². The molecule has 0 bridgehead atoms. The van der Waals surface area contributed by atoms with Gasteiger partial charge in [-0.2, -0.15) is 0 Å². The van der Waals surface area contributed by atoms with Crippen LogP contribution in [0.5, 0.6) is 5.75 Å². The van der Waals surface area contributed by atoms with Crippen molar-refractivity contribution < 1.29 is 14.3 Å². The normalized spacial score (nSPS) is 10.2. The summed E-state index contributed by atoms with van der Waals surface area (Å²) in [5.41, 5.74) is 8.51. The Bertz CT molecular complexity index is 775. The summed E-state index contributed by atoms with van der Waals surface area (Å²) in [6.07, 6.45) is 1.93. The van der Waals surface area contributed by atoms with Crippen LogP contribution in [-0.2, 0) is 4.79 Å². The zero-order valence-electron chi connectivity index (χ0n) is 15.2. The van der Waals surface area contributed by atoms with Crippen LogP contribution in [0.25, 0.3) is 0 Å². The number of ether oxygens (including phenoxy) is 1. The first-order valence-corrected chi connectivity index (χ1v) is 8.60. The first kappa shape index (κ1) is 19.3. The van der Waals surface area contributed by atoms with Crippen molar-refractivity contribution in [2.75, 3.05) is 17.2 Å². The Labute approximate surface area is 153 Å². The van der Waals surface area contributed by atoms with Crippen molar-refractivity contribution in [1.29, 1.82) is 0 Å². The smallest absolute Gasteiger partial charge is 0.316 e.